The third-order valence-corrected chi connectivity index (χ3v) is 4.45. The third-order valence-electron chi connectivity index (χ3n) is 4.45. The number of aryl methyl sites for hydroxylation is 1. The molecule has 0 radical (unpaired) electrons. The molecule has 7 nitrogen and oxygen atoms in total. The quantitative estimate of drug-likeness (QED) is 0.378. The first-order valence-corrected chi connectivity index (χ1v) is 10.1. The van der Waals surface area contributed by atoms with Crippen LogP contribution >= 0.6 is 0 Å². The summed E-state index contributed by atoms with van der Waals surface area (Å²) >= 11 is 0. The number of primary amides is 1. The van der Waals surface area contributed by atoms with Crippen LogP contribution in [-0.4, -0.2) is 43.5 Å². The fourth-order valence-electron chi connectivity index (χ4n) is 3.27. The Morgan fingerprint density at radius 2 is 1.50 bits per heavy atom. The molecule has 1 amide bonds. The van der Waals surface area contributed by atoms with E-state index >= 15 is 0 Å². The van der Waals surface area contributed by atoms with Gasteiger partial charge >= 0.3 is 0 Å². The van der Waals surface area contributed by atoms with Gasteiger partial charge in [-0.1, -0.05) is 29.8 Å². The van der Waals surface area contributed by atoms with Crippen LogP contribution in [0.1, 0.15) is 44.4 Å². The molecule has 0 atom stereocenters. The van der Waals surface area contributed by atoms with Gasteiger partial charge in [0.25, 0.3) is 6.47 Å². The first-order valence-electron chi connectivity index (χ1n) is 10.1. The van der Waals surface area contributed by atoms with Crippen LogP contribution in [0.15, 0.2) is 42.5 Å². The van der Waals surface area contributed by atoms with Crippen molar-refractivity contribution in [2.45, 2.75) is 46.7 Å². The second kappa shape index (κ2) is 15.2. The highest BCUT2D eigenvalue weighted by Crippen LogP contribution is 2.30. The maximum absolute atomic E-state index is 11.6. The second-order valence-electron chi connectivity index (χ2n) is 7.35. The van der Waals surface area contributed by atoms with Crippen molar-refractivity contribution in [3.05, 3.63) is 59.2 Å². The van der Waals surface area contributed by atoms with Gasteiger partial charge < -0.3 is 20.5 Å². The van der Waals surface area contributed by atoms with E-state index in [1.807, 2.05) is 49.4 Å². The number of ether oxygens (including phenoxy) is 1. The van der Waals surface area contributed by atoms with Crippen molar-refractivity contribution in [3.63, 3.8) is 0 Å². The summed E-state index contributed by atoms with van der Waals surface area (Å²) < 4.78 is 5.61. The van der Waals surface area contributed by atoms with Gasteiger partial charge in [0, 0.05) is 35.0 Å². The SMILES string of the molecule is COc1cc(N(C(C)C)C(C)C)ccc1/C=C(\C=O)c1ccc(C)cc1.NC=O.O=CO. The number of hydrogen-bond acceptors (Lipinski definition) is 5. The molecule has 32 heavy (non-hydrogen) atoms. The molecule has 0 aliphatic carbocycles. The second-order valence-corrected chi connectivity index (χ2v) is 7.35. The highest BCUT2D eigenvalue weighted by Gasteiger charge is 2.16. The van der Waals surface area contributed by atoms with Crippen LogP contribution in [0.25, 0.3) is 11.6 Å². The van der Waals surface area contributed by atoms with Crippen LogP contribution < -0.4 is 15.4 Å². The molecule has 0 unspecified atom stereocenters. The van der Waals surface area contributed by atoms with Crippen LogP contribution in [0.3, 0.4) is 0 Å². The van der Waals surface area contributed by atoms with Gasteiger partial charge in [-0.25, -0.2) is 0 Å². The lowest BCUT2D eigenvalue weighted by Gasteiger charge is -2.33. The van der Waals surface area contributed by atoms with Gasteiger partial charge in [0.05, 0.1) is 7.11 Å². The van der Waals surface area contributed by atoms with Crippen LogP contribution in [0, 0.1) is 6.92 Å². The minimum atomic E-state index is -0.250. The number of carboxylic acid groups (broad SMARTS) is 1. The molecule has 2 aromatic rings. The average Bonchev–Trinajstić information content (AvgIpc) is 2.74. The Kier molecular flexibility index (Phi) is 13.5. The summed E-state index contributed by atoms with van der Waals surface area (Å²) in [7, 11) is 1.66. The smallest absolute Gasteiger partial charge is 0.290 e. The minimum Gasteiger partial charge on any atom is -0.496 e. The molecule has 2 aromatic carbocycles. The summed E-state index contributed by atoms with van der Waals surface area (Å²) in [6, 6.07) is 14.9. The highest BCUT2D eigenvalue weighted by atomic mass is 16.5. The predicted octanol–water partition coefficient (Wildman–Crippen LogP) is 4.17. The van der Waals surface area contributed by atoms with Crippen LogP contribution in [0.5, 0.6) is 5.75 Å². The van der Waals surface area contributed by atoms with E-state index in [-0.39, 0.29) is 12.9 Å². The molecule has 0 spiro atoms. The number of aldehydes is 1. The zero-order chi connectivity index (χ0) is 24.7. The number of rotatable bonds is 7. The van der Waals surface area contributed by atoms with E-state index in [1.165, 1.54) is 5.56 Å². The van der Waals surface area contributed by atoms with Crippen LogP contribution in [0.4, 0.5) is 5.69 Å². The van der Waals surface area contributed by atoms with Crippen molar-refractivity contribution < 1.29 is 24.2 Å². The van der Waals surface area contributed by atoms with Gasteiger partial charge in [0.1, 0.15) is 5.75 Å². The van der Waals surface area contributed by atoms with Crippen molar-refractivity contribution in [3.8, 4) is 5.75 Å². The monoisotopic (exact) mass is 442 g/mol. The first-order chi connectivity index (χ1) is 15.2. The predicted molar refractivity (Wildman–Crippen MR) is 130 cm³/mol. The summed E-state index contributed by atoms with van der Waals surface area (Å²) in [5.41, 5.74) is 8.89. The normalized spacial score (nSPS) is 10.3. The summed E-state index contributed by atoms with van der Waals surface area (Å²) in [5, 5.41) is 6.89. The van der Waals surface area contributed by atoms with E-state index < -0.39 is 0 Å². The summed E-state index contributed by atoms with van der Waals surface area (Å²) in [6.45, 7) is 10.5. The number of nitrogens with zero attached hydrogens (tertiary/aromatic N) is 1. The van der Waals surface area contributed by atoms with E-state index in [1.54, 1.807) is 7.11 Å². The molecule has 3 N–H and O–H groups in total. The maximum Gasteiger partial charge on any atom is 0.290 e. The molecule has 0 saturated heterocycles. The lowest BCUT2D eigenvalue weighted by molar-refractivity contribution is -0.122. The zero-order valence-electron chi connectivity index (χ0n) is 19.6. The van der Waals surface area contributed by atoms with Gasteiger partial charge in [-0.05, 0) is 58.4 Å². The molecule has 0 aliphatic rings. The van der Waals surface area contributed by atoms with Crippen LogP contribution in [-0.2, 0) is 14.4 Å². The number of hydrogen-bond donors (Lipinski definition) is 2. The highest BCUT2D eigenvalue weighted by molar-refractivity contribution is 6.13. The van der Waals surface area contributed by atoms with Gasteiger partial charge in [-0.3, -0.25) is 14.4 Å². The molecule has 0 saturated carbocycles. The van der Waals surface area contributed by atoms with Crippen molar-refractivity contribution in [2.24, 2.45) is 5.73 Å². The van der Waals surface area contributed by atoms with Gasteiger partial charge in [0.15, 0.2) is 6.29 Å². The third kappa shape index (κ3) is 9.04. The van der Waals surface area contributed by atoms with E-state index in [2.05, 4.69) is 44.4 Å². The number of carbonyl (C=O) groups is 3. The molecule has 0 heterocycles. The van der Waals surface area contributed by atoms with Gasteiger partial charge in [-0.15, -0.1) is 0 Å². The number of amides is 1. The van der Waals surface area contributed by atoms with Crippen molar-refractivity contribution in [2.75, 3.05) is 12.0 Å². The maximum atomic E-state index is 11.6. The molecule has 0 aliphatic heterocycles. The first kappa shape index (κ1) is 28.4. The van der Waals surface area contributed by atoms with E-state index in [0.717, 1.165) is 28.8 Å². The molecule has 7 heteroatoms. The zero-order valence-corrected chi connectivity index (χ0v) is 19.6. The molecular formula is C25H34N2O5. The van der Waals surface area contributed by atoms with Crippen LogP contribution in [0.2, 0.25) is 0 Å². The lowest BCUT2D eigenvalue weighted by Crippen LogP contribution is -2.36. The number of methoxy groups -OCH3 is 1. The number of carbonyl (C=O) groups excluding carboxylic acids is 2. The van der Waals surface area contributed by atoms with E-state index in [0.29, 0.717) is 17.7 Å². The van der Waals surface area contributed by atoms with E-state index in [9.17, 15) is 4.79 Å². The van der Waals surface area contributed by atoms with Crippen molar-refractivity contribution in [1.29, 1.82) is 0 Å². The number of nitrogens with two attached hydrogens (primary N) is 1. The number of allylic oxidation sites excluding steroid dienone is 1. The van der Waals surface area contributed by atoms with Crippen molar-refractivity contribution >= 4 is 36.5 Å². The fourth-order valence-corrected chi connectivity index (χ4v) is 3.27. The number of benzene rings is 2. The Bertz CT molecular complexity index is 860. The Balaban J connectivity index is 0.00000144. The largest absolute Gasteiger partial charge is 0.496 e. The topological polar surface area (TPSA) is 110 Å². The van der Waals surface area contributed by atoms with E-state index in [4.69, 9.17) is 19.4 Å². The Hall–Kier alpha value is -3.61. The minimum absolute atomic E-state index is 0.250. The van der Waals surface area contributed by atoms with Gasteiger partial charge in [0.2, 0.25) is 6.41 Å². The molecule has 0 aromatic heterocycles. The van der Waals surface area contributed by atoms with Gasteiger partial charge in [-0.2, -0.15) is 0 Å². The Labute approximate surface area is 190 Å². The summed E-state index contributed by atoms with van der Waals surface area (Å²) in [6.07, 6.45) is 3.03. The Morgan fingerprint density at radius 3 is 1.91 bits per heavy atom. The molecular weight excluding hydrogens is 408 g/mol. The standard InChI is InChI=1S/C23H29NO2.CH3NO.CH2O2/c1-16(2)24(17(3)4)22-12-11-20(23(14-22)26-6)13-21(15-25)19-9-7-18(5)8-10-19;2*2-1-3/h7-17H,1-6H3;1H,(H2,2,3);1H,(H,2,3)/b21-13+;;. The van der Waals surface area contributed by atoms with Crippen molar-refractivity contribution in [1.82, 2.24) is 0 Å². The average molecular weight is 443 g/mol. The summed E-state index contributed by atoms with van der Waals surface area (Å²) in [4.78, 5) is 30.9. The lowest BCUT2D eigenvalue weighted by atomic mass is 10.0. The Morgan fingerprint density at radius 1 is 1.00 bits per heavy atom. The number of anilines is 1. The molecule has 0 fully saturated rings. The molecule has 2 rings (SSSR count). The molecule has 0 bridgehead atoms. The fraction of sp³-hybridized carbons (Fsp3) is 0.320. The molecule has 174 valence electrons. The summed E-state index contributed by atoms with van der Waals surface area (Å²) in [5.74, 6) is 0.764.